The summed E-state index contributed by atoms with van der Waals surface area (Å²) in [6, 6.07) is 13.8. The van der Waals surface area contributed by atoms with E-state index in [2.05, 4.69) is 0 Å². The number of hydrogen-bond acceptors (Lipinski definition) is 3. The van der Waals surface area contributed by atoms with Gasteiger partial charge in [0.25, 0.3) is 0 Å². The molecule has 0 aliphatic rings. The van der Waals surface area contributed by atoms with E-state index in [0.29, 0.717) is 17.0 Å². The molecule has 2 aromatic rings. The van der Waals surface area contributed by atoms with Crippen molar-refractivity contribution < 1.29 is 10.2 Å². The second-order valence-corrected chi connectivity index (χ2v) is 5.76. The molecule has 3 nitrogen and oxygen atoms in total. The summed E-state index contributed by atoms with van der Waals surface area (Å²) in [7, 11) is 0. The van der Waals surface area contributed by atoms with Gasteiger partial charge in [-0.3, -0.25) is 0 Å². The molecule has 1 unspecified atom stereocenters. The molecule has 21 heavy (non-hydrogen) atoms. The normalized spacial score (nSPS) is 15.4. The van der Waals surface area contributed by atoms with E-state index in [1.807, 2.05) is 31.2 Å². The summed E-state index contributed by atoms with van der Waals surface area (Å²) in [5.74, 6) is 0.0740. The number of phenols is 1. The van der Waals surface area contributed by atoms with Gasteiger partial charge >= 0.3 is 0 Å². The van der Waals surface area contributed by atoms with Gasteiger partial charge < -0.3 is 15.9 Å². The summed E-state index contributed by atoms with van der Waals surface area (Å²) in [6.45, 7) is 1.97. The van der Waals surface area contributed by atoms with Gasteiger partial charge in [0.2, 0.25) is 0 Å². The Kier molecular flexibility index (Phi) is 5.23. The predicted octanol–water partition coefficient (Wildman–Crippen LogP) is 3.29. The first-order chi connectivity index (χ1) is 10.0. The lowest BCUT2D eigenvalue weighted by molar-refractivity contribution is 0.119. The SMILES string of the molecule is CC(Cc1ccccc1Cl)[C@@H](N)[C@H](O)c1ccccc1O. The molecule has 0 saturated heterocycles. The van der Waals surface area contributed by atoms with Crippen LogP contribution in [-0.4, -0.2) is 16.3 Å². The number of rotatable bonds is 5. The third-order valence-corrected chi connectivity index (χ3v) is 4.15. The summed E-state index contributed by atoms with van der Waals surface area (Å²) in [4.78, 5) is 0. The molecule has 3 atom stereocenters. The van der Waals surface area contributed by atoms with Gasteiger partial charge in [-0.25, -0.2) is 0 Å². The Balaban J connectivity index is 2.10. The highest BCUT2D eigenvalue weighted by atomic mass is 35.5. The fourth-order valence-corrected chi connectivity index (χ4v) is 2.62. The second-order valence-electron chi connectivity index (χ2n) is 5.35. The Morgan fingerprint density at radius 3 is 2.38 bits per heavy atom. The predicted molar refractivity (Wildman–Crippen MR) is 85.4 cm³/mol. The van der Waals surface area contributed by atoms with Crippen molar-refractivity contribution in [1.29, 1.82) is 0 Å². The third-order valence-electron chi connectivity index (χ3n) is 3.78. The number of halogens is 1. The number of para-hydroxylation sites is 1. The lowest BCUT2D eigenvalue weighted by Gasteiger charge is -2.26. The van der Waals surface area contributed by atoms with Gasteiger partial charge in [-0.2, -0.15) is 0 Å². The number of benzene rings is 2. The van der Waals surface area contributed by atoms with E-state index in [1.54, 1.807) is 24.3 Å². The highest BCUT2D eigenvalue weighted by Crippen LogP contribution is 2.29. The maximum Gasteiger partial charge on any atom is 0.121 e. The van der Waals surface area contributed by atoms with Crippen molar-refractivity contribution in [3.05, 3.63) is 64.7 Å². The number of nitrogens with two attached hydrogens (primary N) is 1. The molecule has 0 aromatic heterocycles. The van der Waals surface area contributed by atoms with E-state index in [9.17, 15) is 10.2 Å². The number of aliphatic hydroxyl groups excluding tert-OH is 1. The van der Waals surface area contributed by atoms with Gasteiger partial charge in [0.1, 0.15) is 5.75 Å². The Bertz CT molecular complexity index is 603. The molecule has 0 fully saturated rings. The van der Waals surface area contributed by atoms with Gasteiger partial charge in [-0.05, 0) is 30.0 Å². The molecule has 0 saturated carbocycles. The van der Waals surface area contributed by atoms with Crippen molar-refractivity contribution in [3.8, 4) is 5.75 Å². The average Bonchev–Trinajstić information content (AvgIpc) is 2.48. The largest absolute Gasteiger partial charge is 0.508 e. The Hall–Kier alpha value is -1.55. The molecule has 4 N–H and O–H groups in total. The zero-order valence-corrected chi connectivity index (χ0v) is 12.7. The highest BCUT2D eigenvalue weighted by Gasteiger charge is 2.25. The summed E-state index contributed by atoms with van der Waals surface area (Å²) >= 11 is 6.15. The summed E-state index contributed by atoms with van der Waals surface area (Å²) < 4.78 is 0. The fraction of sp³-hybridized carbons (Fsp3) is 0.294. The Labute approximate surface area is 130 Å². The number of aliphatic hydroxyl groups is 1. The van der Waals surface area contributed by atoms with Crippen LogP contribution in [0, 0.1) is 5.92 Å². The van der Waals surface area contributed by atoms with Crippen LogP contribution in [0.4, 0.5) is 0 Å². The van der Waals surface area contributed by atoms with Gasteiger partial charge in [0, 0.05) is 16.6 Å². The molecule has 2 aromatic carbocycles. The molecule has 4 heteroatoms. The van der Waals surface area contributed by atoms with Gasteiger partial charge in [-0.1, -0.05) is 54.9 Å². The molecule has 0 radical (unpaired) electrons. The molecule has 0 aliphatic carbocycles. The van der Waals surface area contributed by atoms with Crippen molar-refractivity contribution >= 4 is 11.6 Å². The number of phenolic OH excluding ortho intramolecular Hbond substituents is 1. The number of aromatic hydroxyl groups is 1. The van der Waals surface area contributed by atoms with Crippen molar-refractivity contribution in [3.63, 3.8) is 0 Å². The molecule has 0 bridgehead atoms. The molecule has 0 heterocycles. The Morgan fingerprint density at radius 2 is 1.71 bits per heavy atom. The minimum Gasteiger partial charge on any atom is -0.508 e. The zero-order valence-electron chi connectivity index (χ0n) is 11.9. The molecule has 0 spiro atoms. The van der Waals surface area contributed by atoms with Gasteiger partial charge in [0.15, 0.2) is 0 Å². The second kappa shape index (κ2) is 6.94. The van der Waals surface area contributed by atoms with E-state index in [4.69, 9.17) is 17.3 Å². The number of hydrogen-bond donors (Lipinski definition) is 3. The van der Waals surface area contributed by atoms with Crippen LogP contribution in [-0.2, 0) is 6.42 Å². The van der Waals surface area contributed by atoms with Crippen LogP contribution in [0.5, 0.6) is 5.75 Å². The van der Waals surface area contributed by atoms with Crippen LogP contribution in [0.3, 0.4) is 0 Å². The zero-order chi connectivity index (χ0) is 15.4. The molecular weight excluding hydrogens is 286 g/mol. The standard InChI is InChI=1S/C17H20ClNO2/c1-11(10-12-6-2-4-8-14(12)18)16(19)17(21)13-7-3-5-9-15(13)20/h2-9,11,16-17,20-21H,10,19H2,1H3/t11?,16-,17-/m1/s1. The average molecular weight is 306 g/mol. The van der Waals surface area contributed by atoms with E-state index in [0.717, 1.165) is 5.56 Å². The van der Waals surface area contributed by atoms with Crippen molar-refractivity contribution in [2.75, 3.05) is 0 Å². The lowest BCUT2D eigenvalue weighted by atomic mass is 9.88. The molecule has 112 valence electrons. The maximum atomic E-state index is 10.4. The first-order valence-corrected chi connectivity index (χ1v) is 7.33. The van der Waals surface area contributed by atoms with E-state index in [-0.39, 0.29) is 11.7 Å². The first kappa shape index (κ1) is 15.8. The quantitative estimate of drug-likeness (QED) is 0.794. The van der Waals surface area contributed by atoms with Crippen LogP contribution < -0.4 is 5.73 Å². The highest BCUT2D eigenvalue weighted by molar-refractivity contribution is 6.31. The van der Waals surface area contributed by atoms with Crippen LogP contribution in [0.25, 0.3) is 0 Å². The maximum absolute atomic E-state index is 10.4. The van der Waals surface area contributed by atoms with Crippen LogP contribution in [0.1, 0.15) is 24.2 Å². The lowest BCUT2D eigenvalue weighted by Crippen LogP contribution is -2.36. The van der Waals surface area contributed by atoms with Gasteiger partial charge in [0.05, 0.1) is 6.10 Å². The Morgan fingerprint density at radius 1 is 1.10 bits per heavy atom. The van der Waals surface area contributed by atoms with E-state index >= 15 is 0 Å². The summed E-state index contributed by atoms with van der Waals surface area (Å²) in [5.41, 5.74) is 7.62. The van der Waals surface area contributed by atoms with Crippen LogP contribution >= 0.6 is 11.6 Å². The topological polar surface area (TPSA) is 66.5 Å². The molecule has 0 aliphatic heterocycles. The van der Waals surface area contributed by atoms with Crippen molar-refractivity contribution in [2.24, 2.45) is 11.7 Å². The smallest absolute Gasteiger partial charge is 0.121 e. The van der Waals surface area contributed by atoms with Crippen LogP contribution in [0.2, 0.25) is 5.02 Å². The monoisotopic (exact) mass is 305 g/mol. The molecular formula is C17H20ClNO2. The summed E-state index contributed by atoms with van der Waals surface area (Å²) in [5, 5.41) is 20.9. The van der Waals surface area contributed by atoms with Gasteiger partial charge in [-0.15, -0.1) is 0 Å². The van der Waals surface area contributed by atoms with E-state index in [1.165, 1.54) is 0 Å². The van der Waals surface area contributed by atoms with Crippen molar-refractivity contribution in [2.45, 2.75) is 25.5 Å². The summed E-state index contributed by atoms with van der Waals surface area (Å²) in [6.07, 6.45) is -0.241. The van der Waals surface area contributed by atoms with Crippen LogP contribution in [0.15, 0.2) is 48.5 Å². The minimum absolute atomic E-state index is 0.0134. The molecule has 0 amide bonds. The minimum atomic E-state index is -0.913. The van der Waals surface area contributed by atoms with Crippen molar-refractivity contribution in [1.82, 2.24) is 0 Å². The first-order valence-electron chi connectivity index (χ1n) is 6.95. The van der Waals surface area contributed by atoms with E-state index < -0.39 is 12.1 Å². The third kappa shape index (κ3) is 3.76. The fourth-order valence-electron chi connectivity index (χ4n) is 2.40. The molecule has 2 rings (SSSR count).